The predicted molar refractivity (Wildman–Crippen MR) is 223 cm³/mol. The van der Waals surface area contributed by atoms with Crippen molar-refractivity contribution in [2.75, 3.05) is 0 Å². The first kappa shape index (κ1) is 39.4. The minimum absolute atomic E-state index is 1.25. The Morgan fingerprint density at radius 2 is 0.604 bits per heavy atom. The van der Waals surface area contributed by atoms with Crippen LogP contribution in [0.15, 0.2) is 36.4 Å². The zero-order valence-corrected chi connectivity index (χ0v) is 33.1. The molecule has 0 aliphatic heterocycles. The van der Waals surface area contributed by atoms with Crippen LogP contribution in [0.2, 0.25) is 0 Å². The van der Waals surface area contributed by atoms with E-state index in [1.54, 1.807) is 9.75 Å². The smallest absolute Gasteiger partial charge is 0.0424 e. The molecule has 0 spiro atoms. The maximum atomic E-state index is 2.49. The van der Waals surface area contributed by atoms with Crippen LogP contribution in [0.5, 0.6) is 0 Å². The van der Waals surface area contributed by atoms with Crippen LogP contribution in [0.25, 0.3) is 30.9 Å². The van der Waals surface area contributed by atoms with E-state index in [0.29, 0.717) is 0 Å². The van der Waals surface area contributed by atoms with E-state index < -0.39 is 0 Å². The summed E-state index contributed by atoms with van der Waals surface area (Å²) in [5.74, 6) is 0. The Bertz CT molecular complexity index is 1270. The average molecular weight is 689 g/mol. The second-order valence-electron chi connectivity index (χ2n) is 15.2. The molecule has 0 unspecified atom stereocenters. The molecule has 2 heterocycles. The molecule has 0 atom stereocenters. The maximum Gasteiger partial charge on any atom is 0.0424 e. The lowest BCUT2D eigenvalue weighted by molar-refractivity contribution is 0.536. The summed E-state index contributed by atoms with van der Waals surface area (Å²) in [7, 11) is 0. The van der Waals surface area contributed by atoms with Gasteiger partial charge in [-0.25, -0.2) is 0 Å². The number of rotatable bonds is 30. The van der Waals surface area contributed by atoms with Gasteiger partial charge in [0.25, 0.3) is 0 Å². The van der Waals surface area contributed by atoms with Crippen molar-refractivity contribution in [3.8, 4) is 0 Å². The normalized spacial score (nSPS) is 12.0. The molecule has 4 rings (SSSR count). The van der Waals surface area contributed by atoms with Crippen LogP contribution >= 0.6 is 22.7 Å². The quantitative estimate of drug-likeness (QED) is 0.0478. The fraction of sp³-hybridized carbons (Fsp3) is 0.696. The minimum Gasteiger partial charge on any atom is -0.140 e. The average Bonchev–Trinajstić information content (AvgIpc) is 3.72. The largest absolute Gasteiger partial charge is 0.140 e. The molecule has 268 valence electrons. The van der Waals surface area contributed by atoms with Gasteiger partial charge in [0.15, 0.2) is 0 Å². The predicted octanol–water partition coefficient (Wildman–Crippen LogP) is 17.3. The van der Waals surface area contributed by atoms with Gasteiger partial charge in [-0.2, -0.15) is 0 Å². The van der Waals surface area contributed by atoms with Crippen molar-refractivity contribution < 1.29 is 0 Å². The number of aryl methyl sites for hydroxylation is 2. The second-order valence-corrected chi connectivity index (χ2v) is 17.5. The lowest BCUT2D eigenvalue weighted by atomic mass is 10.0. The molecule has 0 N–H and O–H groups in total. The van der Waals surface area contributed by atoms with Gasteiger partial charge in [-0.05, 0) is 48.6 Å². The van der Waals surface area contributed by atoms with Crippen molar-refractivity contribution in [1.82, 2.24) is 0 Å². The first-order chi connectivity index (χ1) is 23.8. The van der Waals surface area contributed by atoms with Crippen molar-refractivity contribution in [3.63, 3.8) is 0 Å². The highest BCUT2D eigenvalue weighted by molar-refractivity contribution is 7.21. The summed E-state index contributed by atoms with van der Waals surface area (Å²) in [5.41, 5.74) is 0. The lowest BCUT2D eigenvalue weighted by Gasteiger charge is -2.03. The Morgan fingerprint density at radius 1 is 0.333 bits per heavy atom. The number of fused-ring (bicyclic) bond motifs is 5. The Kier molecular flexibility index (Phi) is 20.3. The summed E-state index contributed by atoms with van der Waals surface area (Å²) in [5, 5.41) is 5.85. The molecule has 2 aromatic carbocycles. The van der Waals surface area contributed by atoms with Gasteiger partial charge in [0.2, 0.25) is 0 Å². The molecule has 2 aromatic heterocycles. The first-order valence-corrected chi connectivity index (χ1v) is 22.8. The molecule has 0 nitrogen and oxygen atoms in total. The van der Waals surface area contributed by atoms with E-state index >= 15 is 0 Å². The van der Waals surface area contributed by atoms with Crippen LogP contribution in [0, 0.1) is 0 Å². The summed E-state index contributed by atoms with van der Waals surface area (Å²) in [4.78, 5) is 3.17. The Labute approximate surface area is 304 Å². The van der Waals surface area contributed by atoms with Crippen molar-refractivity contribution in [3.05, 3.63) is 46.2 Å². The number of thiophene rings is 2. The van der Waals surface area contributed by atoms with E-state index in [1.165, 1.54) is 224 Å². The Balaban J connectivity index is 1.09. The van der Waals surface area contributed by atoms with E-state index in [-0.39, 0.29) is 0 Å². The second kappa shape index (κ2) is 24.7. The van der Waals surface area contributed by atoms with Crippen molar-refractivity contribution in [2.45, 2.75) is 206 Å². The van der Waals surface area contributed by atoms with Crippen LogP contribution in [0.1, 0.15) is 203 Å². The molecule has 0 aliphatic carbocycles. The highest BCUT2D eigenvalue weighted by Gasteiger charge is 2.11. The highest BCUT2D eigenvalue weighted by Crippen LogP contribution is 2.39. The van der Waals surface area contributed by atoms with E-state index in [1.807, 2.05) is 0 Å². The molecule has 4 aromatic rings. The molecule has 0 saturated heterocycles. The zero-order valence-electron chi connectivity index (χ0n) is 31.5. The molecular formula is C46H72S2. The molecule has 0 amide bonds. The highest BCUT2D eigenvalue weighted by atomic mass is 32.1. The van der Waals surface area contributed by atoms with E-state index in [4.69, 9.17) is 0 Å². The fourth-order valence-corrected chi connectivity index (χ4v) is 10.2. The van der Waals surface area contributed by atoms with Gasteiger partial charge in [-0.1, -0.05) is 205 Å². The Hall–Kier alpha value is -1.38. The lowest BCUT2D eigenvalue weighted by Crippen LogP contribution is -1.84. The molecule has 0 bridgehead atoms. The van der Waals surface area contributed by atoms with Crippen LogP contribution < -0.4 is 0 Å². The maximum absolute atomic E-state index is 2.49. The fourth-order valence-electron chi connectivity index (χ4n) is 7.74. The summed E-state index contributed by atoms with van der Waals surface area (Å²) in [6.45, 7) is 4.61. The molecule has 2 heteroatoms. The van der Waals surface area contributed by atoms with E-state index in [0.717, 1.165) is 0 Å². The summed E-state index contributed by atoms with van der Waals surface area (Å²) in [6, 6.07) is 14.6. The van der Waals surface area contributed by atoms with Crippen molar-refractivity contribution >= 4 is 53.6 Å². The van der Waals surface area contributed by atoms with Crippen LogP contribution in [-0.4, -0.2) is 0 Å². The summed E-state index contributed by atoms with van der Waals surface area (Å²) >= 11 is 4.13. The molecule has 0 radical (unpaired) electrons. The van der Waals surface area contributed by atoms with Crippen LogP contribution in [0.3, 0.4) is 0 Å². The first-order valence-electron chi connectivity index (χ1n) is 21.2. The van der Waals surface area contributed by atoms with Gasteiger partial charge in [0, 0.05) is 29.9 Å². The van der Waals surface area contributed by atoms with Crippen molar-refractivity contribution in [2.24, 2.45) is 0 Å². The third-order valence-corrected chi connectivity index (χ3v) is 13.3. The third kappa shape index (κ3) is 14.5. The summed E-state index contributed by atoms with van der Waals surface area (Å²) < 4.78 is 3.02. The Morgan fingerprint density at radius 3 is 0.896 bits per heavy atom. The SMILES string of the molecule is CCCCCCCCCCCCCCCCc1cc2ccc3c(ccc4cc(CCCCCCCCCCCCCCCC)sc43)c2s1. The third-order valence-electron chi connectivity index (χ3n) is 10.8. The van der Waals surface area contributed by atoms with Crippen molar-refractivity contribution in [1.29, 1.82) is 0 Å². The standard InChI is InChI=1S/C46H72S2/c1-3-5-7-9-11-13-15-17-19-21-23-25-27-29-31-41-37-39-33-35-44-43(45(39)47-41)36-34-40-38-42(48-46(40)44)32-30-28-26-24-22-20-18-16-14-12-10-8-6-4-2/h33-38H,3-32H2,1-2H3. The van der Waals surface area contributed by atoms with E-state index in [9.17, 15) is 0 Å². The molecule has 0 fully saturated rings. The van der Waals surface area contributed by atoms with E-state index in [2.05, 4.69) is 72.9 Å². The van der Waals surface area contributed by atoms with Gasteiger partial charge in [0.1, 0.15) is 0 Å². The number of hydrogen-bond acceptors (Lipinski definition) is 2. The van der Waals surface area contributed by atoms with Crippen LogP contribution in [0.4, 0.5) is 0 Å². The van der Waals surface area contributed by atoms with Gasteiger partial charge in [0.05, 0.1) is 0 Å². The van der Waals surface area contributed by atoms with Gasteiger partial charge in [-0.15, -0.1) is 22.7 Å². The summed E-state index contributed by atoms with van der Waals surface area (Å²) in [6.07, 6.45) is 42.6. The monoisotopic (exact) mass is 689 g/mol. The van der Waals surface area contributed by atoms with Gasteiger partial charge >= 0.3 is 0 Å². The minimum atomic E-state index is 1.25. The number of hydrogen-bond donors (Lipinski definition) is 0. The zero-order chi connectivity index (χ0) is 33.5. The van der Waals surface area contributed by atoms with Gasteiger partial charge in [-0.3, -0.25) is 0 Å². The van der Waals surface area contributed by atoms with Crippen LogP contribution in [-0.2, 0) is 12.8 Å². The topological polar surface area (TPSA) is 0 Å². The molecule has 0 saturated carbocycles. The number of benzene rings is 2. The number of unbranched alkanes of at least 4 members (excludes halogenated alkanes) is 26. The van der Waals surface area contributed by atoms with Gasteiger partial charge < -0.3 is 0 Å². The molecule has 0 aliphatic rings. The molecule has 48 heavy (non-hydrogen) atoms. The molecular weight excluding hydrogens is 617 g/mol.